The average Bonchev–Trinajstić information content (AvgIpc) is 3.03. The summed E-state index contributed by atoms with van der Waals surface area (Å²) in [7, 11) is 1.70. The molecule has 0 bridgehead atoms. The normalized spacial score (nSPS) is 18.9. The summed E-state index contributed by atoms with van der Waals surface area (Å²) >= 11 is -3.64. The maximum atomic E-state index is 6.51. The zero-order valence-electron chi connectivity index (χ0n) is 23.4. The van der Waals surface area contributed by atoms with Crippen molar-refractivity contribution in [2.24, 2.45) is 5.92 Å². The summed E-state index contributed by atoms with van der Waals surface area (Å²) < 4.78 is 25.2. The van der Waals surface area contributed by atoms with Crippen LogP contribution in [-0.4, -0.2) is 45.3 Å². The average molecular weight is 637 g/mol. The van der Waals surface area contributed by atoms with Gasteiger partial charge in [0.2, 0.25) is 0 Å². The van der Waals surface area contributed by atoms with Crippen LogP contribution in [-0.2, 0) is 14.2 Å². The molecule has 1 fully saturated rings. The molecule has 2 atom stereocenters. The minimum absolute atomic E-state index is 0.0669. The van der Waals surface area contributed by atoms with E-state index in [2.05, 4.69) is 125 Å². The summed E-state index contributed by atoms with van der Waals surface area (Å²) in [5.41, 5.74) is 2.63. The van der Waals surface area contributed by atoms with Gasteiger partial charge in [-0.15, -0.1) is 0 Å². The van der Waals surface area contributed by atoms with E-state index in [1.807, 2.05) is 13.0 Å². The molecule has 0 saturated carbocycles. The van der Waals surface area contributed by atoms with Crippen LogP contribution in [0.3, 0.4) is 0 Å². The first-order valence-electron chi connectivity index (χ1n) is 14.1. The Labute approximate surface area is 243 Å². The number of rotatable bonds is 10. The minimum atomic E-state index is -3.64. The van der Waals surface area contributed by atoms with Gasteiger partial charge >= 0.3 is 244 Å². The molecular formula is C36H38O3Sn. The zero-order valence-corrected chi connectivity index (χ0v) is 26.3. The van der Waals surface area contributed by atoms with E-state index in [9.17, 15) is 0 Å². The molecule has 0 aromatic heterocycles. The van der Waals surface area contributed by atoms with Gasteiger partial charge in [0.05, 0.1) is 0 Å². The molecule has 1 saturated heterocycles. The monoisotopic (exact) mass is 638 g/mol. The second kappa shape index (κ2) is 14.0. The van der Waals surface area contributed by atoms with Crippen LogP contribution in [0.4, 0.5) is 0 Å². The molecular weight excluding hydrogens is 599 g/mol. The van der Waals surface area contributed by atoms with E-state index in [0.29, 0.717) is 19.8 Å². The number of hydrogen-bond acceptors (Lipinski definition) is 3. The van der Waals surface area contributed by atoms with Crippen molar-refractivity contribution in [1.29, 1.82) is 0 Å². The Balaban J connectivity index is 1.69. The standard InChI is InChI=1S/C18H23O3.3C6H5.Sn/c1-14-9-12-20-18(16-7-5-4-6-8-16)17(14)13-21-15(2)10-11-19-3;3*1-2-4-6-5-3-1;/h1,4-8,10,17-18H,9,11-13H2,2-3H3;3*1-5H;/b14-1?,15-10+;;;;/t17-,18-;;;;/m0..../s1. The van der Waals surface area contributed by atoms with Crippen molar-refractivity contribution < 1.29 is 14.2 Å². The number of ether oxygens (including phenoxy) is 3. The number of allylic oxidation sites excluding steroid dienone is 1. The van der Waals surface area contributed by atoms with Crippen LogP contribution in [0.2, 0.25) is 0 Å². The van der Waals surface area contributed by atoms with Crippen LogP contribution in [0.25, 0.3) is 0 Å². The van der Waals surface area contributed by atoms with Gasteiger partial charge in [0, 0.05) is 0 Å². The van der Waals surface area contributed by atoms with E-state index < -0.39 is 18.4 Å². The Kier molecular flexibility index (Phi) is 9.93. The van der Waals surface area contributed by atoms with Crippen molar-refractivity contribution >= 4 is 29.1 Å². The Hall–Kier alpha value is -3.12. The molecule has 0 radical (unpaired) electrons. The third kappa shape index (κ3) is 6.43. The van der Waals surface area contributed by atoms with Crippen molar-refractivity contribution in [1.82, 2.24) is 0 Å². The molecule has 40 heavy (non-hydrogen) atoms. The SMILES string of the molecule is COC/C=C(\C)OC[C@H]1/C(=[CH]/[Sn]([c]2ccccc2)([c]2ccccc2)[c]2ccccc2)CCO[C@H]1c1ccccc1. The van der Waals surface area contributed by atoms with Crippen molar-refractivity contribution in [3.05, 3.63) is 148 Å². The Morgan fingerprint density at radius 2 is 1.27 bits per heavy atom. The van der Waals surface area contributed by atoms with Crippen LogP contribution in [0.1, 0.15) is 25.0 Å². The van der Waals surface area contributed by atoms with Crippen LogP contribution in [0.15, 0.2) is 143 Å². The molecule has 5 rings (SSSR count). The van der Waals surface area contributed by atoms with Gasteiger partial charge in [-0.2, -0.15) is 0 Å². The van der Waals surface area contributed by atoms with Crippen molar-refractivity contribution in [2.75, 3.05) is 26.9 Å². The molecule has 204 valence electrons. The maximum absolute atomic E-state index is 6.51. The molecule has 1 aliphatic heterocycles. The van der Waals surface area contributed by atoms with E-state index in [4.69, 9.17) is 14.2 Å². The fraction of sp³-hybridized carbons (Fsp3) is 0.222. The summed E-state index contributed by atoms with van der Waals surface area (Å²) in [5, 5.41) is 0. The van der Waals surface area contributed by atoms with E-state index in [0.717, 1.165) is 12.2 Å². The van der Waals surface area contributed by atoms with Gasteiger partial charge in [0.15, 0.2) is 0 Å². The molecule has 0 amide bonds. The zero-order chi connectivity index (χ0) is 27.6. The number of methoxy groups -OCH3 is 1. The molecule has 0 N–H and O–H groups in total. The molecule has 1 aliphatic rings. The van der Waals surface area contributed by atoms with E-state index in [-0.39, 0.29) is 12.0 Å². The van der Waals surface area contributed by atoms with Crippen molar-refractivity contribution in [2.45, 2.75) is 19.4 Å². The van der Waals surface area contributed by atoms with Crippen LogP contribution in [0.5, 0.6) is 0 Å². The molecule has 4 aromatic carbocycles. The van der Waals surface area contributed by atoms with E-state index >= 15 is 0 Å². The summed E-state index contributed by atoms with van der Waals surface area (Å²) in [5.74, 6) is 0.969. The summed E-state index contributed by atoms with van der Waals surface area (Å²) in [6.45, 7) is 3.79. The molecule has 0 aliphatic carbocycles. The third-order valence-corrected chi connectivity index (χ3v) is 20.7. The van der Waals surface area contributed by atoms with Gasteiger partial charge in [-0.25, -0.2) is 0 Å². The van der Waals surface area contributed by atoms with Gasteiger partial charge in [-0.05, 0) is 0 Å². The fourth-order valence-electron chi connectivity index (χ4n) is 5.76. The van der Waals surface area contributed by atoms with Gasteiger partial charge in [-0.3, -0.25) is 0 Å². The molecule has 0 spiro atoms. The first kappa shape index (κ1) is 28.4. The molecule has 4 aromatic rings. The number of hydrogen-bond donors (Lipinski definition) is 0. The van der Waals surface area contributed by atoms with Crippen LogP contribution >= 0.6 is 0 Å². The predicted octanol–water partition coefficient (Wildman–Crippen LogP) is 5.97. The number of benzene rings is 4. The molecule has 3 nitrogen and oxygen atoms in total. The van der Waals surface area contributed by atoms with E-state index in [1.54, 1.807) is 7.11 Å². The van der Waals surface area contributed by atoms with Crippen molar-refractivity contribution in [3.63, 3.8) is 0 Å². The first-order valence-corrected chi connectivity index (χ1v) is 20.0. The predicted molar refractivity (Wildman–Crippen MR) is 167 cm³/mol. The van der Waals surface area contributed by atoms with Crippen LogP contribution in [0, 0.1) is 5.92 Å². The fourth-order valence-corrected chi connectivity index (χ4v) is 18.8. The van der Waals surface area contributed by atoms with E-state index in [1.165, 1.54) is 21.9 Å². The molecule has 1 heterocycles. The second-order valence-electron chi connectivity index (χ2n) is 10.3. The molecule has 0 unspecified atom stereocenters. The topological polar surface area (TPSA) is 27.7 Å². The van der Waals surface area contributed by atoms with Crippen molar-refractivity contribution in [3.8, 4) is 0 Å². The summed E-state index contributed by atoms with van der Waals surface area (Å²) in [6, 6.07) is 44.1. The second-order valence-corrected chi connectivity index (χ2v) is 20.6. The van der Waals surface area contributed by atoms with Gasteiger partial charge in [0.1, 0.15) is 0 Å². The Morgan fingerprint density at radius 3 is 1.77 bits per heavy atom. The Morgan fingerprint density at radius 1 is 0.775 bits per heavy atom. The summed E-state index contributed by atoms with van der Waals surface area (Å²) in [6.07, 6.45) is 2.82. The molecule has 4 heteroatoms. The van der Waals surface area contributed by atoms with Gasteiger partial charge in [-0.1, -0.05) is 0 Å². The first-order chi connectivity index (χ1) is 19.7. The van der Waals surface area contributed by atoms with Gasteiger partial charge in [0.25, 0.3) is 0 Å². The third-order valence-electron chi connectivity index (χ3n) is 7.78. The Bertz CT molecular complexity index is 1290. The van der Waals surface area contributed by atoms with Gasteiger partial charge < -0.3 is 0 Å². The summed E-state index contributed by atoms with van der Waals surface area (Å²) in [4.78, 5) is 0. The quantitative estimate of drug-likeness (QED) is 0.159. The van der Waals surface area contributed by atoms with Crippen LogP contribution < -0.4 is 10.7 Å².